The zero-order chi connectivity index (χ0) is 15.4. The third-order valence-electron chi connectivity index (χ3n) is 3.15. The minimum absolute atomic E-state index is 0.515. The van der Waals surface area contributed by atoms with Crippen molar-refractivity contribution < 1.29 is 0 Å². The number of hydrogen-bond donors (Lipinski definition) is 2. The fourth-order valence-corrected chi connectivity index (χ4v) is 2.33. The number of allylic oxidation sites excluding steroid dienone is 2. The van der Waals surface area contributed by atoms with Crippen LogP contribution in [0.25, 0.3) is 0 Å². The number of halogens is 2. The molecule has 0 atom stereocenters. The van der Waals surface area contributed by atoms with Gasteiger partial charge in [-0.1, -0.05) is 23.2 Å². The molecule has 3 rings (SSSR count). The second kappa shape index (κ2) is 6.73. The third-order valence-corrected chi connectivity index (χ3v) is 3.89. The van der Waals surface area contributed by atoms with Crippen molar-refractivity contribution in [1.82, 2.24) is 15.5 Å². The average molecular weight is 333 g/mol. The van der Waals surface area contributed by atoms with Crippen molar-refractivity contribution in [2.45, 2.75) is 6.42 Å². The van der Waals surface area contributed by atoms with Crippen molar-refractivity contribution in [1.29, 1.82) is 0 Å². The van der Waals surface area contributed by atoms with Gasteiger partial charge in [0.25, 0.3) is 0 Å². The third kappa shape index (κ3) is 3.72. The van der Waals surface area contributed by atoms with Gasteiger partial charge in [-0.05, 0) is 54.0 Å². The number of nitrogens with one attached hydrogen (secondary N) is 2. The predicted octanol–water partition coefficient (Wildman–Crippen LogP) is 4.18. The first-order valence-electron chi connectivity index (χ1n) is 6.74. The smallest absolute Gasteiger partial charge is 0.0613 e. The highest BCUT2D eigenvalue weighted by molar-refractivity contribution is 6.42. The maximum absolute atomic E-state index is 6.00. The summed E-state index contributed by atoms with van der Waals surface area (Å²) in [7, 11) is 0. The molecular weight excluding hydrogens is 319 g/mol. The first-order chi connectivity index (χ1) is 10.7. The zero-order valence-electron chi connectivity index (χ0n) is 11.6. The van der Waals surface area contributed by atoms with Gasteiger partial charge in [0.2, 0.25) is 0 Å². The topological polar surface area (TPSA) is 40.2 Å². The van der Waals surface area contributed by atoms with E-state index in [4.69, 9.17) is 23.2 Å². The molecule has 2 N–H and O–H groups in total. The molecule has 1 aliphatic rings. The molecule has 4 nitrogen and oxygen atoms in total. The number of rotatable bonds is 4. The molecule has 0 radical (unpaired) electrons. The number of hydrazine groups is 2. The van der Waals surface area contributed by atoms with E-state index in [-0.39, 0.29) is 0 Å². The molecule has 2 aromatic rings. The first-order valence-corrected chi connectivity index (χ1v) is 7.49. The summed E-state index contributed by atoms with van der Waals surface area (Å²) < 4.78 is 0. The second-order valence-corrected chi connectivity index (χ2v) is 5.62. The monoisotopic (exact) mass is 332 g/mol. The van der Waals surface area contributed by atoms with E-state index in [2.05, 4.69) is 15.8 Å². The van der Waals surface area contributed by atoms with Crippen LogP contribution in [-0.2, 0) is 6.42 Å². The van der Waals surface area contributed by atoms with Gasteiger partial charge in [-0.25, -0.2) is 5.12 Å². The Labute approximate surface area is 139 Å². The van der Waals surface area contributed by atoms with Crippen LogP contribution < -0.4 is 10.9 Å². The summed E-state index contributed by atoms with van der Waals surface area (Å²) in [6.07, 6.45) is 10.4. The molecular formula is C16H14Cl2N4. The summed E-state index contributed by atoms with van der Waals surface area (Å²) in [4.78, 5) is 4.02. The van der Waals surface area contributed by atoms with Crippen LogP contribution in [0.1, 0.15) is 5.56 Å². The van der Waals surface area contributed by atoms with Gasteiger partial charge in [-0.3, -0.25) is 15.8 Å². The van der Waals surface area contributed by atoms with Crippen LogP contribution in [0.3, 0.4) is 0 Å². The Hall–Kier alpha value is -2.17. The highest BCUT2D eigenvalue weighted by Gasteiger charge is 2.06. The number of hydrogen-bond acceptors (Lipinski definition) is 4. The van der Waals surface area contributed by atoms with Crippen molar-refractivity contribution >= 4 is 28.9 Å². The van der Waals surface area contributed by atoms with Crippen LogP contribution in [0.2, 0.25) is 10.0 Å². The van der Waals surface area contributed by atoms with Crippen molar-refractivity contribution in [2.24, 2.45) is 0 Å². The second-order valence-electron chi connectivity index (χ2n) is 4.81. The lowest BCUT2D eigenvalue weighted by Gasteiger charge is -2.25. The SMILES string of the molecule is Clc1ccc(NN2C=CC(Cc3ccncc3)=CN2)cc1Cl. The van der Waals surface area contributed by atoms with Crippen LogP contribution in [0.4, 0.5) is 5.69 Å². The molecule has 1 aromatic carbocycles. The average Bonchev–Trinajstić information content (AvgIpc) is 2.54. The lowest BCUT2D eigenvalue weighted by atomic mass is 10.1. The van der Waals surface area contributed by atoms with E-state index in [9.17, 15) is 0 Å². The molecule has 0 saturated carbocycles. The summed E-state index contributed by atoms with van der Waals surface area (Å²) in [5.41, 5.74) is 9.57. The molecule has 22 heavy (non-hydrogen) atoms. The van der Waals surface area contributed by atoms with Crippen LogP contribution in [0.15, 0.2) is 66.8 Å². The molecule has 112 valence electrons. The van der Waals surface area contributed by atoms with E-state index in [1.165, 1.54) is 11.1 Å². The number of benzene rings is 1. The molecule has 1 aliphatic heterocycles. The Morgan fingerprint density at radius 3 is 2.59 bits per heavy atom. The Bertz CT molecular complexity index is 713. The maximum atomic E-state index is 6.00. The molecule has 0 aliphatic carbocycles. The minimum Gasteiger partial charge on any atom is -0.287 e. The minimum atomic E-state index is 0.515. The summed E-state index contributed by atoms with van der Waals surface area (Å²) in [6.45, 7) is 0. The van der Waals surface area contributed by atoms with Crippen molar-refractivity contribution in [3.05, 3.63) is 82.4 Å². The fourth-order valence-electron chi connectivity index (χ4n) is 2.03. The molecule has 2 heterocycles. The quantitative estimate of drug-likeness (QED) is 0.881. The van der Waals surface area contributed by atoms with E-state index in [0.717, 1.165) is 12.1 Å². The Morgan fingerprint density at radius 1 is 1.09 bits per heavy atom. The van der Waals surface area contributed by atoms with E-state index in [0.29, 0.717) is 10.0 Å². The molecule has 0 amide bonds. The molecule has 1 aromatic heterocycles. The largest absolute Gasteiger partial charge is 0.287 e. The van der Waals surface area contributed by atoms with Gasteiger partial charge in [0, 0.05) is 24.8 Å². The zero-order valence-corrected chi connectivity index (χ0v) is 13.1. The number of anilines is 1. The number of nitrogens with zero attached hydrogens (tertiary/aromatic N) is 2. The van der Waals surface area contributed by atoms with Crippen LogP contribution in [-0.4, -0.2) is 10.1 Å². The van der Waals surface area contributed by atoms with Gasteiger partial charge >= 0.3 is 0 Å². The van der Waals surface area contributed by atoms with Gasteiger partial charge in [0.15, 0.2) is 0 Å². The first kappa shape index (κ1) is 14.8. The molecule has 0 saturated heterocycles. The number of pyridine rings is 1. The van der Waals surface area contributed by atoms with Gasteiger partial charge in [-0.15, -0.1) is 0 Å². The molecule has 6 heteroatoms. The molecule has 0 bridgehead atoms. The summed E-state index contributed by atoms with van der Waals surface area (Å²) in [6, 6.07) is 9.41. The number of aromatic nitrogens is 1. The van der Waals surface area contributed by atoms with Crippen molar-refractivity contribution in [3.8, 4) is 0 Å². The highest BCUT2D eigenvalue weighted by atomic mass is 35.5. The Morgan fingerprint density at radius 2 is 1.91 bits per heavy atom. The predicted molar refractivity (Wildman–Crippen MR) is 90.2 cm³/mol. The maximum Gasteiger partial charge on any atom is 0.0613 e. The standard InChI is InChI=1S/C16H14Cl2N4/c17-15-2-1-14(10-16(15)18)21-22-8-5-13(11-20-22)9-12-3-6-19-7-4-12/h1-8,10-11,20-21H,9H2. The van der Waals surface area contributed by atoms with Gasteiger partial charge in [0.1, 0.15) is 0 Å². The fraction of sp³-hybridized carbons (Fsp3) is 0.0625. The Kier molecular flexibility index (Phi) is 4.51. The van der Waals surface area contributed by atoms with Crippen LogP contribution >= 0.6 is 23.2 Å². The van der Waals surface area contributed by atoms with Crippen LogP contribution in [0, 0.1) is 0 Å². The lowest BCUT2D eigenvalue weighted by Crippen LogP contribution is -2.36. The van der Waals surface area contributed by atoms with Crippen LogP contribution in [0.5, 0.6) is 0 Å². The van der Waals surface area contributed by atoms with E-state index in [1.807, 2.05) is 36.7 Å². The summed E-state index contributed by atoms with van der Waals surface area (Å²) >= 11 is 11.9. The van der Waals surface area contributed by atoms with Crippen molar-refractivity contribution in [3.63, 3.8) is 0 Å². The molecule has 0 fully saturated rings. The molecule has 0 unspecified atom stereocenters. The summed E-state index contributed by atoms with van der Waals surface area (Å²) in [5.74, 6) is 0. The lowest BCUT2D eigenvalue weighted by molar-refractivity contribution is 0.373. The molecule has 0 spiro atoms. The van der Waals surface area contributed by atoms with Gasteiger partial charge < -0.3 is 0 Å². The van der Waals surface area contributed by atoms with Gasteiger partial charge in [0.05, 0.1) is 15.7 Å². The normalized spacial score (nSPS) is 13.5. The van der Waals surface area contributed by atoms with E-state index < -0.39 is 0 Å². The Balaban J connectivity index is 1.59. The highest BCUT2D eigenvalue weighted by Crippen LogP contribution is 2.25. The van der Waals surface area contributed by atoms with Gasteiger partial charge in [-0.2, -0.15) is 0 Å². The van der Waals surface area contributed by atoms with Crippen molar-refractivity contribution in [2.75, 3.05) is 5.43 Å². The summed E-state index contributed by atoms with van der Waals surface area (Å²) in [5, 5.41) is 2.80. The van der Waals surface area contributed by atoms with E-state index >= 15 is 0 Å². The van der Waals surface area contributed by atoms with E-state index in [1.54, 1.807) is 29.6 Å².